The van der Waals surface area contributed by atoms with Crippen LogP contribution in [0.5, 0.6) is 0 Å². The Morgan fingerprint density at radius 1 is 1.50 bits per heavy atom. The molecule has 0 amide bonds. The van der Waals surface area contributed by atoms with Crippen molar-refractivity contribution in [3.05, 3.63) is 33.5 Å². The molecule has 5 heteroatoms. The van der Waals surface area contributed by atoms with Crippen LogP contribution < -0.4 is 5.43 Å². The summed E-state index contributed by atoms with van der Waals surface area (Å²) in [6.07, 6.45) is -2.85. The second-order valence-electron chi connectivity index (χ2n) is 2.32. The lowest BCUT2D eigenvalue weighted by molar-refractivity contribution is 0.143. The maximum absolute atomic E-state index is 12.4. The highest BCUT2D eigenvalue weighted by Crippen LogP contribution is 2.17. The molecule has 0 spiro atoms. The van der Waals surface area contributed by atoms with Gasteiger partial charge in [-0.15, -0.1) is 0 Å². The first kappa shape index (κ1) is 8.83. The third-order valence-corrected chi connectivity index (χ3v) is 1.50. The Morgan fingerprint density at radius 2 is 2.08 bits per heavy atom. The SMILES string of the molecule is Cc1c(C(F)F)[nH]c(F)cc1=O. The first-order valence-corrected chi connectivity index (χ1v) is 3.20. The summed E-state index contributed by atoms with van der Waals surface area (Å²) in [5.74, 6) is -1.04. The van der Waals surface area contributed by atoms with Gasteiger partial charge in [-0.3, -0.25) is 4.79 Å². The molecule has 0 fully saturated rings. The molecular formula is C7H6F3NO. The van der Waals surface area contributed by atoms with Gasteiger partial charge in [0.25, 0.3) is 6.43 Å². The first-order chi connectivity index (χ1) is 5.52. The van der Waals surface area contributed by atoms with Gasteiger partial charge in [-0.25, -0.2) is 8.78 Å². The van der Waals surface area contributed by atoms with Crippen molar-refractivity contribution >= 4 is 0 Å². The van der Waals surface area contributed by atoms with E-state index in [4.69, 9.17) is 0 Å². The highest BCUT2D eigenvalue weighted by atomic mass is 19.3. The number of hydrogen-bond donors (Lipinski definition) is 1. The van der Waals surface area contributed by atoms with Crippen LogP contribution in [0.1, 0.15) is 17.7 Å². The van der Waals surface area contributed by atoms with Gasteiger partial charge in [-0.2, -0.15) is 4.39 Å². The molecule has 1 heterocycles. The second-order valence-corrected chi connectivity index (χ2v) is 2.32. The minimum absolute atomic E-state index is 0.147. The monoisotopic (exact) mass is 177 g/mol. The van der Waals surface area contributed by atoms with Gasteiger partial charge >= 0.3 is 0 Å². The van der Waals surface area contributed by atoms with Crippen LogP contribution in [0.3, 0.4) is 0 Å². The van der Waals surface area contributed by atoms with Crippen LogP contribution in [0.25, 0.3) is 0 Å². The molecule has 1 N–H and O–H groups in total. The zero-order chi connectivity index (χ0) is 9.30. The molecule has 0 aliphatic carbocycles. The van der Waals surface area contributed by atoms with Crippen LogP contribution in [0.15, 0.2) is 10.9 Å². The summed E-state index contributed by atoms with van der Waals surface area (Å²) in [6.45, 7) is 1.22. The maximum atomic E-state index is 12.4. The molecule has 0 radical (unpaired) electrons. The second kappa shape index (κ2) is 3.00. The third kappa shape index (κ3) is 1.49. The summed E-state index contributed by atoms with van der Waals surface area (Å²) in [7, 11) is 0. The van der Waals surface area contributed by atoms with Crippen molar-refractivity contribution in [2.24, 2.45) is 0 Å². The molecule has 0 aliphatic rings. The molecule has 1 rings (SSSR count). The van der Waals surface area contributed by atoms with Gasteiger partial charge < -0.3 is 4.98 Å². The fourth-order valence-corrected chi connectivity index (χ4v) is 0.833. The fraction of sp³-hybridized carbons (Fsp3) is 0.286. The van der Waals surface area contributed by atoms with E-state index in [1.165, 1.54) is 6.92 Å². The highest BCUT2D eigenvalue weighted by molar-refractivity contribution is 5.19. The van der Waals surface area contributed by atoms with Gasteiger partial charge in [-0.05, 0) is 6.92 Å². The lowest BCUT2D eigenvalue weighted by atomic mass is 10.2. The molecule has 0 bridgehead atoms. The zero-order valence-electron chi connectivity index (χ0n) is 6.20. The maximum Gasteiger partial charge on any atom is 0.278 e. The van der Waals surface area contributed by atoms with Crippen LogP contribution >= 0.6 is 0 Å². The van der Waals surface area contributed by atoms with Gasteiger partial charge in [0.2, 0.25) is 0 Å². The van der Waals surface area contributed by atoms with E-state index in [2.05, 4.69) is 0 Å². The molecule has 1 aromatic rings. The van der Waals surface area contributed by atoms with Crippen molar-refractivity contribution in [2.45, 2.75) is 13.3 Å². The van der Waals surface area contributed by atoms with Crippen LogP contribution in [0.2, 0.25) is 0 Å². The van der Waals surface area contributed by atoms with Gasteiger partial charge in [0.15, 0.2) is 11.4 Å². The lowest BCUT2D eigenvalue weighted by Gasteiger charge is -2.02. The smallest absolute Gasteiger partial charge is 0.278 e. The number of aromatic amines is 1. The molecule has 0 aliphatic heterocycles. The Balaban J connectivity index is 3.38. The average molecular weight is 177 g/mol. The van der Waals surface area contributed by atoms with E-state index in [1.54, 1.807) is 4.98 Å². The van der Waals surface area contributed by atoms with Crippen molar-refractivity contribution < 1.29 is 13.2 Å². The molecule has 12 heavy (non-hydrogen) atoms. The van der Waals surface area contributed by atoms with Crippen molar-refractivity contribution in [3.63, 3.8) is 0 Å². The molecule has 0 saturated heterocycles. The average Bonchev–Trinajstić information content (AvgIpc) is 1.96. The molecule has 66 valence electrons. The lowest BCUT2D eigenvalue weighted by Crippen LogP contribution is -2.11. The summed E-state index contributed by atoms with van der Waals surface area (Å²) in [6, 6.07) is 0.640. The van der Waals surface area contributed by atoms with E-state index in [0.29, 0.717) is 6.07 Å². The number of hydrogen-bond acceptors (Lipinski definition) is 1. The van der Waals surface area contributed by atoms with Crippen LogP contribution in [0.4, 0.5) is 13.2 Å². The number of nitrogens with one attached hydrogen (secondary N) is 1. The van der Waals surface area contributed by atoms with Crippen LogP contribution in [0, 0.1) is 12.9 Å². The minimum Gasteiger partial charge on any atom is -0.330 e. The van der Waals surface area contributed by atoms with E-state index in [1.807, 2.05) is 0 Å². The van der Waals surface area contributed by atoms with Crippen molar-refractivity contribution in [2.75, 3.05) is 0 Å². The first-order valence-electron chi connectivity index (χ1n) is 3.20. The fourth-order valence-electron chi connectivity index (χ4n) is 0.833. The molecule has 1 aromatic heterocycles. The number of alkyl halides is 2. The molecular weight excluding hydrogens is 171 g/mol. The predicted octanol–water partition coefficient (Wildman–Crippen LogP) is 1.76. The molecule has 0 unspecified atom stereocenters. The minimum atomic E-state index is -2.85. The van der Waals surface area contributed by atoms with Gasteiger partial charge in [0.1, 0.15) is 0 Å². The Kier molecular flexibility index (Phi) is 2.21. The van der Waals surface area contributed by atoms with Crippen LogP contribution in [-0.4, -0.2) is 4.98 Å². The summed E-state index contributed by atoms with van der Waals surface area (Å²) in [5, 5.41) is 0. The standard InChI is InChI=1S/C7H6F3NO/c1-3-4(12)2-5(8)11-6(3)7(9)10/h2,7H,1H3,(H,11,12). The largest absolute Gasteiger partial charge is 0.330 e. The summed E-state index contributed by atoms with van der Waals surface area (Å²) in [4.78, 5) is 12.6. The molecule has 0 aromatic carbocycles. The van der Waals surface area contributed by atoms with Crippen LogP contribution in [-0.2, 0) is 0 Å². The zero-order valence-corrected chi connectivity index (χ0v) is 6.20. The highest BCUT2D eigenvalue weighted by Gasteiger charge is 2.14. The third-order valence-electron chi connectivity index (χ3n) is 1.50. The number of H-pyrrole nitrogens is 1. The summed E-state index contributed by atoms with van der Waals surface area (Å²) in [5.41, 5.74) is -1.52. The van der Waals surface area contributed by atoms with Gasteiger partial charge in [0.05, 0.1) is 5.69 Å². The van der Waals surface area contributed by atoms with E-state index >= 15 is 0 Å². The van der Waals surface area contributed by atoms with E-state index in [-0.39, 0.29) is 5.56 Å². The summed E-state index contributed by atoms with van der Waals surface area (Å²) < 4.78 is 36.5. The van der Waals surface area contributed by atoms with E-state index in [0.717, 1.165) is 0 Å². The number of aromatic nitrogens is 1. The normalized spacial score (nSPS) is 10.8. The Bertz CT molecular complexity index is 345. The van der Waals surface area contributed by atoms with Crippen molar-refractivity contribution in [1.82, 2.24) is 4.98 Å². The van der Waals surface area contributed by atoms with Gasteiger partial charge in [-0.1, -0.05) is 0 Å². The topological polar surface area (TPSA) is 32.9 Å². The Labute approximate surface area is 66.0 Å². The van der Waals surface area contributed by atoms with Gasteiger partial charge in [0, 0.05) is 11.6 Å². The van der Waals surface area contributed by atoms with E-state index < -0.39 is 23.5 Å². The van der Waals surface area contributed by atoms with E-state index in [9.17, 15) is 18.0 Å². The molecule has 2 nitrogen and oxygen atoms in total. The Hall–Kier alpha value is -1.26. The summed E-state index contributed by atoms with van der Waals surface area (Å²) >= 11 is 0. The Morgan fingerprint density at radius 3 is 2.58 bits per heavy atom. The molecule has 0 atom stereocenters. The number of halogens is 3. The number of pyridine rings is 1. The quantitative estimate of drug-likeness (QED) is 0.651. The van der Waals surface area contributed by atoms with Crippen molar-refractivity contribution in [1.29, 1.82) is 0 Å². The number of rotatable bonds is 1. The predicted molar refractivity (Wildman–Crippen MR) is 36.7 cm³/mol. The molecule has 0 saturated carbocycles. The van der Waals surface area contributed by atoms with Crippen molar-refractivity contribution in [3.8, 4) is 0 Å².